The molecular weight excluding hydrogens is 879 g/mol. The van der Waals surface area contributed by atoms with Gasteiger partial charge in [0.2, 0.25) is 0 Å². The van der Waals surface area contributed by atoms with Crippen molar-refractivity contribution in [2.45, 2.75) is 136 Å². The lowest BCUT2D eigenvalue weighted by Gasteiger charge is -2.24. The van der Waals surface area contributed by atoms with Gasteiger partial charge in [-0.05, 0) is 186 Å². The van der Waals surface area contributed by atoms with Gasteiger partial charge >= 0.3 is 11.9 Å². The van der Waals surface area contributed by atoms with Crippen LogP contribution in [-0.2, 0) is 62.0 Å². The monoisotopic (exact) mass is 944 g/mol. The zero-order valence-corrected chi connectivity index (χ0v) is 42.2. The number of carbonyl (C=O) groups excluding carboxylic acids is 1. The van der Waals surface area contributed by atoms with Crippen LogP contribution in [0, 0.1) is 37.3 Å². The van der Waals surface area contributed by atoms with E-state index >= 15 is 0 Å². The summed E-state index contributed by atoms with van der Waals surface area (Å²) in [5.41, 5.74) is 13.6. The highest BCUT2D eigenvalue weighted by Gasteiger charge is 2.63. The van der Waals surface area contributed by atoms with Crippen LogP contribution in [0.15, 0.2) is 109 Å². The van der Waals surface area contributed by atoms with Crippen LogP contribution in [0.1, 0.15) is 130 Å². The van der Waals surface area contributed by atoms with Gasteiger partial charge in [0, 0.05) is 22.0 Å². The third-order valence-corrected chi connectivity index (χ3v) is 15.4. The lowest BCUT2D eigenvalue weighted by molar-refractivity contribution is -0.145. The Labute approximate surface area is 412 Å². The van der Waals surface area contributed by atoms with Crippen LogP contribution in [-0.4, -0.2) is 23.7 Å². The van der Waals surface area contributed by atoms with Crippen LogP contribution in [0.25, 0.3) is 22.3 Å². The van der Waals surface area contributed by atoms with Crippen LogP contribution in [0.4, 0.5) is 8.78 Å². The number of ether oxygens (including phenoxy) is 3. The quantitative estimate of drug-likeness (QED) is 0.130. The second-order valence-electron chi connectivity index (χ2n) is 22.4. The number of carboxylic acids is 1. The molecule has 0 aliphatic heterocycles. The summed E-state index contributed by atoms with van der Waals surface area (Å²) in [6.07, 6.45) is 5.40. The molecule has 0 heterocycles. The van der Waals surface area contributed by atoms with E-state index in [9.17, 15) is 23.5 Å². The van der Waals surface area contributed by atoms with Crippen molar-refractivity contribution >= 4 is 11.9 Å². The fraction of sp³-hybridized carbons (Fsp3) is 0.387. The number of halogens is 2. The molecule has 364 valence electrons. The Morgan fingerprint density at radius 1 is 0.586 bits per heavy atom. The van der Waals surface area contributed by atoms with E-state index in [1.807, 2.05) is 63.2 Å². The highest BCUT2D eigenvalue weighted by Crippen LogP contribution is 2.63. The second-order valence-corrected chi connectivity index (χ2v) is 22.4. The molecule has 0 bridgehead atoms. The number of hydrogen-bond acceptors (Lipinski definition) is 5. The zero-order valence-electron chi connectivity index (χ0n) is 42.2. The van der Waals surface area contributed by atoms with E-state index in [0.29, 0.717) is 30.9 Å². The van der Waals surface area contributed by atoms with Gasteiger partial charge in [-0.1, -0.05) is 101 Å². The number of esters is 1. The maximum absolute atomic E-state index is 14.9. The van der Waals surface area contributed by atoms with Crippen LogP contribution in [0.2, 0.25) is 0 Å². The molecule has 1 N–H and O–H groups in total. The van der Waals surface area contributed by atoms with E-state index in [1.165, 1.54) is 22.8 Å². The number of fused-ring (bicyclic) bond motifs is 4. The molecule has 4 atom stereocenters. The maximum Gasteiger partial charge on any atom is 0.309 e. The molecule has 10 rings (SSSR count). The Balaban J connectivity index is 0.000000174. The van der Waals surface area contributed by atoms with Crippen molar-refractivity contribution in [1.29, 1.82) is 0 Å². The van der Waals surface area contributed by atoms with E-state index in [1.54, 1.807) is 18.2 Å². The molecule has 2 saturated carbocycles. The first kappa shape index (κ1) is 48.7. The molecule has 0 aromatic heterocycles. The number of rotatable bonds is 11. The second kappa shape index (κ2) is 18.5. The van der Waals surface area contributed by atoms with Crippen molar-refractivity contribution in [2.75, 3.05) is 6.61 Å². The minimum atomic E-state index is -0.700. The van der Waals surface area contributed by atoms with E-state index in [-0.39, 0.29) is 51.1 Å². The SMILES string of the molecule is CCOC(=O)[C@@H]1C[C@@]12CCc1ccc(OCc3ccc(C(C)(C)C)c(-c4cc(C)ccc4F)c3)cc12.Cc1ccc(F)c(-c2cc(COc3ccc4c(c3)[C@@]3(CC4)C[C@H]3C(=O)O)ccc2C(C)(C)C)c1. The maximum atomic E-state index is 14.9. The summed E-state index contributed by atoms with van der Waals surface area (Å²) >= 11 is 0. The van der Waals surface area contributed by atoms with Crippen molar-refractivity contribution < 1.29 is 37.7 Å². The number of carbonyl (C=O) groups is 2. The van der Waals surface area contributed by atoms with Gasteiger partial charge in [-0.2, -0.15) is 0 Å². The molecule has 0 radical (unpaired) electrons. The molecular formula is C62H66F2O6. The Hall–Kier alpha value is -6.28. The summed E-state index contributed by atoms with van der Waals surface area (Å²) in [4.78, 5) is 23.9. The number of aliphatic carboxylic acids is 1. The predicted octanol–water partition coefficient (Wildman–Crippen LogP) is 14.4. The van der Waals surface area contributed by atoms with Crippen molar-refractivity contribution in [3.05, 3.63) is 176 Å². The van der Waals surface area contributed by atoms with Gasteiger partial charge in [0.1, 0.15) is 36.3 Å². The minimum absolute atomic E-state index is 0.0364. The number of benzene rings is 6. The smallest absolute Gasteiger partial charge is 0.309 e. The van der Waals surface area contributed by atoms with Crippen molar-refractivity contribution in [3.8, 4) is 33.8 Å². The highest BCUT2D eigenvalue weighted by molar-refractivity contribution is 5.80. The number of aryl methyl sites for hydroxylation is 4. The number of hydrogen-bond donors (Lipinski definition) is 1. The molecule has 2 spiro atoms. The first-order chi connectivity index (χ1) is 33.2. The van der Waals surface area contributed by atoms with E-state index in [2.05, 4.69) is 84.0 Å². The molecule has 70 heavy (non-hydrogen) atoms. The molecule has 4 aliphatic rings. The van der Waals surface area contributed by atoms with Gasteiger partial charge < -0.3 is 19.3 Å². The Bertz CT molecular complexity index is 3010. The summed E-state index contributed by atoms with van der Waals surface area (Å²) < 4.78 is 47.4. The van der Waals surface area contributed by atoms with Gasteiger partial charge in [0.15, 0.2) is 0 Å². The van der Waals surface area contributed by atoms with Crippen LogP contribution in [0.3, 0.4) is 0 Å². The summed E-state index contributed by atoms with van der Waals surface area (Å²) in [7, 11) is 0. The summed E-state index contributed by atoms with van der Waals surface area (Å²) in [5, 5.41) is 9.50. The number of carboxylic acid groups (broad SMARTS) is 1. The lowest BCUT2D eigenvalue weighted by Crippen LogP contribution is -2.15. The highest BCUT2D eigenvalue weighted by atomic mass is 19.1. The van der Waals surface area contributed by atoms with Gasteiger partial charge in [0.05, 0.1) is 18.4 Å². The normalized spacial score (nSPS) is 20.6. The zero-order chi connectivity index (χ0) is 49.9. The summed E-state index contributed by atoms with van der Waals surface area (Å²) in [6, 6.07) is 35.2. The summed E-state index contributed by atoms with van der Waals surface area (Å²) in [5.74, 6) is 0.0168. The minimum Gasteiger partial charge on any atom is -0.489 e. The molecule has 8 heteroatoms. The largest absolute Gasteiger partial charge is 0.489 e. The fourth-order valence-electron chi connectivity index (χ4n) is 11.4. The Kier molecular flexibility index (Phi) is 12.9. The first-order valence-electron chi connectivity index (χ1n) is 24.9. The molecule has 2 fully saturated rings. The van der Waals surface area contributed by atoms with Crippen LogP contribution in [0.5, 0.6) is 11.5 Å². The topological polar surface area (TPSA) is 82.1 Å². The van der Waals surface area contributed by atoms with Crippen molar-refractivity contribution in [3.63, 3.8) is 0 Å². The fourth-order valence-corrected chi connectivity index (χ4v) is 11.4. The predicted molar refractivity (Wildman–Crippen MR) is 273 cm³/mol. The van der Waals surface area contributed by atoms with E-state index < -0.39 is 5.97 Å². The molecule has 6 aromatic carbocycles. The molecule has 4 aliphatic carbocycles. The van der Waals surface area contributed by atoms with E-state index in [4.69, 9.17) is 14.2 Å². The summed E-state index contributed by atoms with van der Waals surface area (Å²) in [6.45, 7) is 19.8. The Morgan fingerprint density at radius 2 is 1.03 bits per heavy atom. The molecule has 6 nitrogen and oxygen atoms in total. The van der Waals surface area contributed by atoms with Crippen molar-refractivity contribution in [1.82, 2.24) is 0 Å². The average molecular weight is 945 g/mol. The van der Waals surface area contributed by atoms with Gasteiger partial charge in [-0.25, -0.2) is 8.78 Å². The van der Waals surface area contributed by atoms with Crippen LogP contribution >= 0.6 is 0 Å². The standard InChI is InChI=1S/C32H35FO3.C30H31FO3/c1-6-35-30(34)28-18-32(28)14-13-22-9-10-23(17-27(22)32)36-19-21-8-11-26(31(3,4)5)24(16-21)25-15-20(2)7-12-29(25)33;1-18-5-10-27(31)23(13-18)22-14-19(6-9-24(22)29(2,3)4)17-34-21-8-7-20-11-12-30(25(20)15-21)16-26(30)28(32)33/h7-12,15-17,28H,6,13-14,18-19H2,1-5H3;5-10,13-15,26H,11-12,16-17H2,1-4H3,(H,32,33)/t28-,32+;26-,30+/m00/s1. The van der Waals surface area contributed by atoms with Crippen LogP contribution < -0.4 is 9.47 Å². The third kappa shape index (κ3) is 9.51. The van der Waals surface area contributed by atoms with Gasteiger partial charge in [-0.3, -0.25) is 9.59 Å². The molecule has 0 unspecified atom stereocenters. The van der Waals surface area contributed by atoms with Gasteiger partial charge in [-0.15, -0.1) is 0 Å². The lowest BCUT2D eigenvalue weighted by atomic mass is 9.81. The van der Waals surface area contributed by atoms with E-state index in [0.717, 1.165) is 100 Å². The average Bonchev–Trinajstić information content (AvgIpc) is 4.17. The van der Waals surface area contributed by atoms with Crippen molar-refractivity contribution in [2.24, 2.45) is 11.8 Å². The first-order valence-corrected chi connectivity index (χ1v) is 24.9. The molecule has 6 aromatic rings. The Morgan fingerprint density at radius 3 is 1.44 bits per heavy atom. The molecule has 0 amide bonds. The van der Waals surface area contributed by atoms with Gasteiger partial charge in [0.25, 0.3) is 0 Å². The molecule has 0 saturated heterocycles. The third-order valence-electron chi connectivity index (χ3n) is 15.4.